The molecule has 0 unspecified atom stereocenters. The normalized spacial score (nSPS) is 16.9. The molecule has 1 fully saturated rings. The van der Waals surface area contributed by atoms with Crippen molar-refractivity contribution in [1.29, 1.82) is 0 Å². The van der Waals surface area contributed by atoms with Crippen LogP contribution in [-0.2, 0) is 14.3 Å². The Kier molecular flexibility index (Phi) is 9.36. The summed E-state index contributed by atoms with van der Waals surface area (Å²) in [7, 11) is 4.60. The lowest BCUT2D eigenvalue weighted by atomic mass is 9.94. The van der Waals surface area contributed by atoms with E-state index in [0.29, 0.717) is 48.0 Å². The lowest BCUT2D eigenvalue weighted by Gasteiger charge is -2.27. The Hall–Kier alpha value is -3.52. The molecule has 1 aliphatic heterocycles. The first-order chi connectivity index (χ1) is 17.4. The molecule has 1 amide bonds. The van der Waals surface area contributed by atoms with Gasteiger partial charge in [-0.15, -0.1) is 0 Å². The van der Waals surface area contributed by atoms with Crippen LogP contribution in [0, 0.1) is 6.92 Å². The van der Waals surface area contributed by atoms with Gasteiger partial charge in [-0.2, -0.15) is 0 Å². The smallest absolute Gasteiger partial charge is 0.295 e. The minimum Gasteiger partial charge on any atom is -0.507 e. The first-order valence-corrected chi connectivity index (χ1v) is 12.1. The molecule has 1 heterocycles. The predicted octanol–water partition coefficient (Wildman–Crippen LogP) is 4.65. The number of amides is 1. The molecule has 2 aromatic rings. The number of aliphatic hydroxyl groups is 1. The zero-order valence-corrected chi connectivity index (χ0v) is 21.6. The van der Waals surface area contributed by atoms with E-state index >= 15 is 0 Å². The van der Waals surface area contributed by atoms with Crippen LogP contribution in [0.25, 0.3) is 5.76 Å². The zero-order chi connectivity index (χ0) is 26.2. The van der Waals surface area contributed by atoms with Gasteiger partial charge >= 0.3 is 0 Å². The van der Waals surface area contributed by atoms with E-state index < -0.39 is 17.7 Å². The number of ketones is 1. The molecule has 0 radical (unpaired) electrons. The van der Waals surface area contributed by atoms with Gasteiger partial charge in [-0.25, -0.2) is 0 Å². The number of aryl methyl sites for hydroxylation is 1. The van der Waals surface area contributed by atoms with Gasteiger partial charge < -0.3 is 29.0 Å². The number of hydrogen-bond donors (Lipinski definition) is 1. The van der Waals surface area contributed by atoms with Crippen LogP contribution >= 0.6 is 0 Å². The Bertz CT molecular complexity index is 1120. The third-order valence-electron chi connectivity index (χ3n) is 6.22. The summed E-state index contributed by atoms with van der Waals surface area (Å²) in [6.07, 6.45) is 2.49. The largest absolute Gasteiger partial charge is 0.507 e. The van der Waals surface area contributed by atoms with Gasteiger partial charge in [0, 0.05) is 31.4 Å². The van der Waals surface area contributed by atoms with Crippen molar-refractivity contribution in [2.75, 3.05) is 41.1 Å². The number of Topliss-reactive ketones (excluding diaryl/α,β-unsaturated/α-hetero) is 1. The summed E-state index contributed by atoms with van der Waals surface area (Å²) in [5, 5.41) is 11.4. The average Bonchev–Trinajstić information content (AvgIpc) is 3.13. The fourth-order valence-electron chi connectivity index (χ4n) is 4.38. The third-order valence-corrected chi connectivity index (χ3v) is 6.22. The van der Waals surface area contributed by atoms with Gasteiger partial charge in [0.25, 0.3) is 11.7 Å². The first kappa shape index (κ1) is 27.1. The molecule has 0 aromatic heterocycles. The van der Waals surface area contributed by atoms with Gasteiger partial charge in [0.1, 0.15) is 11.5 Å². The summed E-state index contributed by atoms with van der Waals surface area (Å²) >= 11 is 0. The van der Waals surface area contributed by atoms with Crippen molar-refractivity contribution < 1.29 is 33.6 Å². The molecule has 0 bridgehead atoms. The number of methoxy groups -OCH3 is 3. The Labute approximate surface area is 212 Å². The van der Waals surface area contributed by atoms with Gasteiger partial charge in [0.15, 0.2) is 11.5 Å². The van der Waals surface area contributed by atoms with Crippen molar-refractivity contribution in [1.82, 2.24) is 4.90 Å². The first-order valence-electron chi connectivity index (χ1n) is 12.1. The minimum atomic E-state index is -0.854. The molecular weight excluding hydrogens is 462 g/mol. The average molecular weight is 498 g/mol. The van der Waals surface area contributed by atoms with Crippen LogP contribution in [0.1, 0.15) is 48.9 Å². The number of carbonyl (C=O) groups is 2. The molecule has 36 heavy (non-hydrogen) atoms. The molecule has 0 saturated carbocycles. The van der Waals surface area contributed by atoms with Crippen molar-refractivity contribution in [3.63, 3.8) is 0 Å². The number of hydrogen-bond acceptors (Lipinski definition) is 7. The summed E-state index contributed by atoms with van der Waals surface area (Å²) in [6, 6.07) is 9.64. The number of likely N-dealkylation sites (tertiary alicyclic amines) is 1. The predicted molar refractivity (Wildman–Crippen MR) is 137 cm³/mol. The van der Waals surface area contributed by atoms with E-state index in [-0.39, 0.29) is 17.9 Å². The van der Waals surface area contributed by atoms with Crippen LogP contribution in [0.5, 0.6) is 17.2 Å². The van der Waals surface area contributed by atoms with E-state index in [4.69, 9.17) is 18.9 Å². The van der Waals surface area contributed by atoms with E-state index in [9.17, 15) is 14.7 Å². The second kappa shape index (κ2) is 12.4. The molecule has 8 heteroatoms. The lowest BCUT2D eigenvalue weighted by molar-refractivity contribution is -0.140. The van der Waals surface area contributed by atoms with Crippen LogP contribution in [-0.4, -0.2) is 62.8 Å². The highest BCUT2D eigenvalue weighted by atomic mass is 16.5. The molecule has 1 aliphatic rings. The van der Waals surface area contributed by atoms with Crippen LogP contribution in [0.15, 0.2) is 42.0 Å². The molecular formula is C28H35NO7. The monoisotopic (exact) mass is 497 g/mol. The highest BCUT2D eigenvalue weighted by Crippen LogP contribution is 2.45. The molecule has 194 valence electrons. The number of aliphatic hydroxyl groups excluding tert-OH is 1. The van der Waals surface area contributed by atoms with Crippen LogP contribution in [0.4, 0.5) is 0 Å². The van der Waals surface area contributed by atoms with Gasteiger partial charge in [0.2, 0.25) is 0 Å². The Balaban J connectivity index is 2.13. The Morgan fingerprint density at radius 1 is 1.00 bits per heavy atom. The highest BCUT2D eigenvalue weighted by Gasteiger charge is 2.47. The highest BCUT2D eigenvalue weighted by molar-refractivity contribution is 6.46. The van der Waals surface area contributed by atoms with E-state index in [1.807, 2.05) is 6.92 Å². The van der Waals surface area contributed by atoms with Crippen molar-refractivity contribution in [3.8, 4) is 17.2 Å². The lowest BCUT2D eigenvalue weighted by Crippen LogP contribution is -2.31. The maximum absolute atomic E-state index is 13.3. The number of nitrogens with zero attached hydrogens (tertiary/aromatic N) is 1. The van der Waals surface area contributed by atoms with E-state index in [0.717, 1.165) is 18.4 Å². The number of ether oxygens (including phenoxy) is 4. The van der Waals surface area contributed by atoms with Crippen LogP contribution in [0.2, 0.25) is 0 Å². The maximum Gasteiger partial charge on any atom is 0.295 e. The maximum atomic E-state index is 13.3. The van der Waals surface area contributed by atoms with Gasteiger partial charge in [0.05, 0.1) is 32.4 Å². The Morgan fingerprint density at radius 2 is 1.78 bits per heavy atom. The van der Waals surface area contributed by atoms with Crippen molar-refractivity contribution in [2.45, 2.75) is 39.2 Å². The molecule has 8 nitrogen and oxygen atoms in total. The van der Waals surface area contributed by atoms with E-state index in [2.05, 4.69) is 6.92 Å². The SMILES string of the molecule is CCCCOc1ccc(/C(O)=C2\C(=O)C(=O)N(CCCOC)[C@@H]2c2cccc(OC)c2OC)cc1C. The van der Waals surface area contributed by atoms with E-state index in [1.165, 1.54) is 19.1 Å². The molecule has 0 aliphatic carbocycles. The number of carbonyl (C=O) groups excluding carboxylic acids is 2. The van der Waals surface area contributed by atoms with Crippen LogP contribution < -0.4 is 14.2 Å². The minimum absolute atomic E-state index is 0.00280. The van der Waals surface area contributed by atoms with Crippen molar-refractivity contribution in [2.24, 2.45) is 0 Å². The van der Waals surface area contributed by atoms with Crippen molar-refractivity contribution >= 4 is 17.4 Å². The quantitative estimate of drug-likeness (QED) is 0.197. The molecule has 2 aromatic carbocycles. The topological polar surface area (TPSA) is 94.5 Å². The number of benzene rings is 2. The zero-order valence-electron chi connectivity index (χ0n) is 21.6. The Morgan fingerprint density at radius 3 is 2.42 bits per heavy atom. The summed E-state index contributed by atoms with van der Waals surface area (Å²) in [5.74, 6) is -0.113. The van der Waals surface area contributed by atoms with Crippen LogP contribution in [0.3, 0.4) is 0 Å². The summed E-state index contributed by atoms with van der Waals surface area (Å²) in [6.45, 7) is 5.26. The molecule has 1 saturated heterocycles. The number of rotatable bonds is 12. The third kappa shape index (κ3) is 5.49. The summed E-state index contributed by atoms with van der Waals surface area (Å²) in [4.78, 5) is 27.9. The molecule has 1 N–H and O–H groups in total. The summed E-state index contributed by atoms with van der Waals surface area (Å²) < 4.78 is 22.0. The second-order valence-corrected chi connectivity index (χ2v) is 8.60. The molecule has 0 spiro atoms. The number of para-hydroxylation sites is 1. The van der Waals surface area contributed by atoms with Gasteiger partial charge in [-0.05, 0) is 49.6 Å². The second-order valence-electron chi connectivity index (χ2n) is 8.60. The molecule has 1 atom stereocenters. The fraction of sp³-hybridized carbons (Fsp3) is 0.429. The summed E-state index contributed by atoms with van der Waals surface area (Å²) in [5.41, 5.74) is 1.80. The van der Waals surface area contributed by atoms with Crippen molar-refractivity contribution in [3.05, 3.63) is 58.7 Å². The standard InChI is InChI=1S/C28H35NO7/c1-6-7-16-36-21-13-12-19(17-18(21)2)25(30)23-24(20-10-8-11-22(34-4)27(20)35-5)29(14-9-15-33-3)28(32)26(23)31/h8,10-13,17,24,30H,6-7,9,14-16H2,1-5H3/b25-23+/t24-/m1/s1. The fourth-order valence-corrected chi connectivity index (χ4v) is 4.38. The molecule has 3 rings (SSSR count). The number of unbranched alkanes of at least 4 members (excludes halogenated alkanes) is 1. The van der Waals surface area contributed by atoms with Gasteiger partial charge in [-0.1, -0.05) is 25.5 Å². The van der Waals surface area contributed by atoms with Gasteiger partial charge in [-0.3, -0.25) is 9.59 Å². The van der Waals surface area contributed by atoms with E-state index in [1.54, 1.807) is 43.5 Å².